The summed E-state index contributed by atoms with van der Waals surface area (Å²) in [6.45, 7) is 5.18. The quantitative estimate of drug-likeness (QED) is 0.865. The standard InChI is InChI=1S/C20H29N5O/c1-17-9-14-25(23-17)15-10-19(26)22-16-18-8-7-11-21-20(18)24-12-5-3-2-4-6-13-24/h7-9,11,14H,2-6,10,12-13,15-16H2,1H3,(H,22,26). The summed E-state index contributed by atoms with van der Waals surface area (Å²) < 4.78 is 1.81. The van der Waals surface area contributed by atoms with Crippen molar-refractivity contribution in [2.24, 2.45) is 0 Å². The first-order valence-electron chi connectivity index (χ1n) is 9.68. The number of carbonyl (C=O) groups is 1. The Kier molecular flexibility index (Phi) is 6.63. The van der Waals surface area contributed by atoms with Crippen LogP contribution in [0.4, 0.5) is 5.82 Å². The lowest BCUT2D eigenvalue weighted by Crippen LogP contribution is -2.30. The number of anilines is 1. The Morgan fingerprint density at radius 3 is 2.65 bits per heavy atom. The molecule has 0 saturated carbocycles. The summed E-state index contributed by atoms with van der Waals surface area (Å²) in [6, 6.07) is 5.96. The van der Waals surface area contributed by atoms with Crippen LogP contribution in [0.2, 0.25) is 0 Å². The monoisotopic (exact) mass is 355 g/mol. The van der Waals surface area contributed by atoms with Gasteiger partial charge in [0.15, 0.2) is 0 Å². The Morgan fingerprint density at radius 2 is 1.92 bits per heavy atom. The van der Waals surface area contributed by atoms with Crippen LogP contribution in [0.25, 0.3) is 0 Å². The van der Waals surface area contributed by atoms with Gasteiger partial charge in [-0.05, 0) is 31.9 Å². The number of rotatable bonds is 6. The molecule has 0 spiro atoms. The van der Waals surface area contributed by atoms with E-state index in [4.69, 9.17) is 0 Å². The van der Waals surface area contributed by atoms with Gasteiger partial charge in [-0.15, -0.1) is 0 Å². The molecular formula is C20H29N5O. The minimum atomic E-state index is 0.0422. The number of hydrogen-bond acceptors (Lipinski definition) is 4. The molecular weight excluding hydrogens is 326 g/mol. The zero-order valence-corrected chi connectivity index (χ0v) is 15.7. The predicted octanol–water partition coefficient (Wildman–Crippen LogP) is 3.06. The van der Waals surface area contributed by atoms with Gasteiger partial charge in [0.25, 0.3) is 0 Å². The number of nitrogens with zero attached hydrogens (tertiary/aromatic N) is 4. The van der Waals surface area contributed by atoms with Crippen LogP contribution in [0.3, 0.4) is 0 Å². The second-order valence-electron chi connectivity index (χ2n) is 6.99. The summed E-state index contributed by atoms with van der Waals surface area (Å²) in [5, 5.41) is 7.35. The van der Waals surface area contributed by atoms with E-state index in [1.54, 1.807) is 0 Å². The van der Waals surface area contributed by atoms with Crippen molar-refractivity contribution in [1.29, 1.82) is 0 Å². The summed E-state index contributed by atoms with van der Waals surface area (Å²) in [6.07, 6.45) is 10.5. The molecule has 2 aromatic rings. The summed E-state index contributed by atoms with van der Waals surface area (Å²) >= 11 is 0. The van der Waals surface area contributed by atoms with Crippen molar-refractivity contribution < 1.29 is 4.79 Å². The topological polar surface area (TPSA) is 63.1 Å². The second-order valence-corrected chi connectivity index (χ2v) is 6.99. The van der Waals surface area contributed by atoms with E-state index in [2.05, 4.69) is 26.4 Å². The number of carbonyl (C=O) groups excluding carboxylic acids is 1. The third-order valence-corrected chi connectivity index (χ3v) is 4.84. The normalized spacial score (nSPS) is 15.3. The summed E-state index contributed by atoms with van der Waals surface area (Å²) in [5.41, 5.74) is 2.06. The number of aryl methyl sites for hydroxylation is 2. The minimum absolute atomic E-state index is 0.0422. The van der Waals surface area contributed by atoms with Crippen LogP contribution in [-0.2, 0) is 17.9 Å². The molecule has 1 saturated heterocycles. The van der Waals surface area contributed by atoms with Gasteiger partial charge < -0.3 is 10.2 Å². The van der Waals surface area contributed by atoms with Crippen molar-refractivity contribution in [3.8, 4) is 0 Å². The van der Waals surface area contributed by atoms with Gasteiger partial charge in [0.2, 0.25) is 5.91 Å². The van der Waals surface area contributed by atoms with E-state index in [0.29, 0.717) is 19.5 Å². The largest absolute Gasteiger partial charge is 0.356 e. The second kappa shape index (κ2) is 9.36. The molecule has 1 aliphatic rings. The third kappa shape index (κ3) is 5.31. The molecule has 3 rings (SSSR count). The van der Waals surface area contributed by atoms with Crippen LogP contribution in [0.5, 0.6) is 0 Å². The van der Waals surface area contributed by atoms with Gasteiger partial charge in [0.05, 0.1) is 5.69 Å². The van der Waals surface area contributed by atoms with Gasteiger partial charge in [-0.1, -0.05) is 25.3 Å². The number of nitrogens with one attached hydrogen (secondary N) is 1. The van der Waals surface area contributed by atoms with E-state index in [1.807, 2.05) is 36.1 Å². The molecule has 0 aliphatic carbocycles. The average Bonchev–Trinajstić information content (AvgIpc) is 3.04. The Hall–Kier alpha value is -2.37. The summed E-state index contributed by atoms with van der Waals surface area (Å²) in [4.78, 5) is 19.2. The summed E-state index contributed by atoms with van der Waals surface area (Å²) in [7, 11) is 0. The van der Waals surface area contributed by atoms with Crippen molar-refractivity contribution in [2.75, 3.05) is 18.0 Å². The Bertz CT molecular complexity index is 704. The first kappa shape index (κ1) is 18.4. The van der Waals surface area contributed by atoms with Crippen LogP contribution in [-0.4, -0.2) is 33.8 Å². The van der Waals surface area contributed by atoms with Gasteiger partial charge in [-0.2, -0.15) is 5.10 Å². The highest BCUT2D eigenvalue weighted by atomic mass is 16.1. The minimum Gasteiger partial charge on any atom is -0.356 e. The molecule has 0 unspecified atom stereocenters. The first-order chi connectivity index (χ1) is 12.7. The number of pyridine rings is 1. The van der Waals surface area contributed by atoms with Crippen LogP contribution in [0.15, 0.2) is 30.6 Å². The first-order valence-corrected chi connectivity index (χ1v) is 9.68. The highest BCUT2D eigenvalue weighted by molar-refractivity contribution is 5.76. The van der Waals surface area contributed by atoms with E-state index < -0.39 is 0 Å². The molecule has 6 nitrogen and oxygen atoms in total. The molecule has 0 atom stereocenters. The SMILES string of the molecule is Cc1ccn(CCC(=O)NCc2cccnc2N2CCCCCCC2)n1. The fourth-order valence-electron chi connectivity index (χ4n) is 3.40. The molecule has 1 amide bonds. The molecule has 140 valence electrons. The zero-order chi connectivity index (χ0) is 18.2. The molecule has 1 fully saturated rings. The average molecular weight is 355 g/mol. The molecule has 0 aromatic carbocycles. The van der Waals surface area contributed by atoms with Gasteiger partial charge in [-0.3, -0.25) is 9.48 Å². The van der Waals surface area contributed by atoms with E-state index in [9.17, 15) is 4.79 Å². The lowest BCUT2D eigenvalue weighted by atomic mass is 10.1. The maximum atomic E-state index is 12.2. The number of hydrogen-bond donors (Lipinski definition) is 1. The summed E-state index contributed by atoms with van der Waals surface area (Å²) in [5.74, 6) is 1.07. The lowest BCUT2D eigenvalue weighted by molar-refractivity contribution is -0.121. The molecule has 2 aromatic heterocycles. The number of amides is 1. The lowest BCUT2D eigenvalue weighted by Gasteiger charge is -2.27. The highest BCUT2D eigenvalue weighted by Crippen LogP contribution is 2.21. The van der Waals surface area contributed by atoms with Crippen molar-refractivity contribution >= 4 is 11.7 Å². The van der Waals surface area contributed by atoms with E-state index in [-0.39, 0.29) is 5.91 Å². The van der Waals surface area contributed by atoms with Crippen molar-refractivity contribution in [3.05, 3.63) is 41.9 Å². The van der Waals surface area contributed by atoms with Crippen molar-refractivity contribution in [1.82, 2.24) is 20.1 Å². The predicted molar refractivity (Wildman–Crippen MR) is 103 cm³/mol. The van der Waals surface area contributed by atoms with E-state index in [0.717, 1.165) is 30.2 Å². The smallest absolute Gasteiger partial charge is 0.222 e. The third-order valence-electron chi connectivity index (χ3n) is 4.84. The van der Waals surface area contributed by atoms with E-state index in [1.165, 1.54) is 32.1 Å². The fourth-order valence-corrected chi connectivity index (χ4v) is 3.40. The van der Waals surface area contributed by atoms with Crippen molar-refractivity contribution in [2.45, 2.75) is 58.5 Å². The molecule has 0 bridgehead atoms. The van der Waals surface area contributed by atoms with E-state index >= 15 is 0 Å². The maximum absolute atomic E-state index is 12.2. The van der Waals surface area contributed by atoms with Crippen LogP contribution >= 0.6 is 0 Å². The van der Waals surface area contributed by atoms with Crippen LogP contribution in [0.1, 0.15) is 49.8 Å². The Labute approximate surface area is 155 Å². The Morgan fingerprint density at radius 1 is 1.15 bits per heavy atom. The zero-order valence-electron chi connectivity index (χ0n) is 15.7. The Balaban J connectivity index is 1.54. The maximum Gasteiger partial charge on any atom is 0.222 e. The van der Waals surface area contributed by atoms with Crippen LogP contribution in [0, 0.1) is 6.92 Å². The van der Waals surface area contributed by atoms with Gasteiger partial charge in [-0.25, -0.2) is 4.98 Å². The molecule has 6 heteroatoms. The molecule has 1 N–H and O–H groups in total. The van der Waals surface area contributed by atoms with Crippen molar-refractivity contribution in [3.63, 3.8) is 0 Å². The van der Waals surface area contributed by atoms with Gasteiger partial charge >= 0.3 is 0 Å². The molecule has 0 radical (unpaired) electrons. The van der Waals surface area contributed by atoms with Gasteiger partial charge in [0, 0.05) is 50.6 Å². The van der Waals surface area contributed by atoms with Gasteiger partial charge in [0.1, 0.15) is 5.82 Å². The van der Waals surface area contributed by atoms with Crippen LogP contribution < -0.4 is 10.2 Å². The fraction of sp³-hybridized carbons (Fsp3) is 0.550. The highest BCUT2D eigenvalue weighted by Gasteiger charge is 2.14. The molecule has 3 heterocycles. The molecule has 26 heavy (non-hydrogen) atoms. The number of aromatic nitrogens is 3. The molecule has 1 aliphatic heterocycles.